The normalized spacial score (nSPS) is 19.4. The molecule has 1 saturated carbocycles. The topological polar surface area (TPSA) is 59.3 Å². The van der Waals surface area contributed by atoms with Crippen molar-refractivity contribution < 1.29 is 18.7 Å². The van der Waals surface area contributed by atoms with Gasteiger partial charge in [0.1, 0.15) is 17.7 Å². The zero-order valence-corrected chi connectivity index (χ0v) is 21.9. The van der Waals surface area contributed by atoms with Gasteiger partial charge in [-0.25, -0.2) is 9.18 Å². The van der Waals surface area contributed by atoms with E-state index in [1.54, 1.807) is 12.1 Å². The SMILES string of the molecule is CCCCCCCC1(C#N)CCC(OC(=O)c2ccc(-c3ccc(OCCCC)cc3)c(F)c2)CC1. The third kappa shape index (κ3) is 7.82. The fourth-order valence-corrected chi connectivity index (χ4v) is 4.91. The fraction of sp³-hybridized carbons (Fsp3) is 0.548. The number of rotatable bonds is 13. The van der Waals surface area contributed by atoms with E-state index in [9.17, 15) is 14.4 Å². The molecule has 4 nitrogen and oxygen atoms in total. The summed E-state index contributed by atoms with van der Waals surface area (Å²) in [7, 11) is 0. The zero-order chi connectivity index (χ0) is 25.8. The van der Waals surface area contributed by atoms with E-state index >= 15 is 0 Å². The van der Waals surface area contributed by atoms with Crippen molar-refractivity contribution >= 4 is 5.97 Å². The molecule has 0 aliphatic heterocycles. The summed E-state index contributed by atoms with van der Waals surface area (Å²) in [6.07, 6.45) is 11.6. The summed E-state index contributed by atoms with van der Waals surface area (Å²) in [5, 5.41) is 9.80. The summed E-state index contributed by atoms with van der Waals surface area (Å²) in [6, 6.07) is 14.4. The first-order valence-corrected chi connectivity index (χ1v) is 13.7. The molecule has 1 aliphatic rings. The number of carbonyl (C=O) groups is 1. The van der Waals surface area contributed by atoms with Gasteiger partial charge in [0, 0.05) is 5.56 Å². The van der Waals surface area contributed by atoms with Crippen molar-refractivity contribution in [1.82, 2.24) is 0 Å². The molecule has 1 aliphatic carbocycles. The highest BCUT2D eigenvalue weighted by molar-refractivity contribution is 5.90. The predicted octanol–water partition coefficient (Wildman–Crippen LogP) is 8.64. The number of carbonyl (C=O) groups excluding carboxylic acids is 1. The van der Waals surface area contributed by atoms with Gasteiger partial charge in [0.25, 0.3) is 0 Å². The molecule has 3 rings (SSSR count). The Bertz CT molecular complexity index is 1000. The second-order valence-corrected chi connectivity index (χ2v) is 10.1. The highest BCUT2D eigenvalue weighted by Gasteiger charge is 2.36. The predicted molar refractivity (Wildman–Crippen MR) is 141 cm³/mol. The first kappa shape index (κ1) is 27.7. The van der Waals surface area contributed by atoms with E-state index < -0.39 is 11.8 Å². The number of nitrogens with zero attached hydrogens (tertiary/aromatic N) is 1. The highest BCUT2D eigenvalue weighted by atomic mass is 19.1. The Balaban J connectivity index is 1.52. The van der Waals surface area contributed by atoms with Crippen molar-refractivity contribution in [1.29, 1.82) is 5.26 Å². The van der Waals surface area contributed by atoms with Crippen LogP contribution in [0.3, 0.4) is 0 Å². The lowest BCUT2D eigenvalue weighted by molar-refractivity contribution is 0.0104. The number of unbranched alkanes of at least 4 members (excludes halogenated alkanes) is 5. The molecule has 0 amide bonds. The van der Waals surface area contributed by atoms with Gasteiger partial charge in [-0.3, -0.25) is 0 Å². The van der Waals surface area contributed by atoms with Crippen LogP contribution in [0.2, 0.25) is 0 Å². The molecular formula is C31H40FNO3. The van der Waals surface area contributed by atoms with Gasteiger partial charge in [-0.05, 0) is 68.4 Å². The Kier molecular flexibility index (Phi) is 10.8. The maximum absolute atomic E-state index is 14.9. The lowest BCUT2D eigenvalue weighted by Crippen LogP contribution is -2.31. The summed E-state index contributed by atoms with van der Waals surface area (Å²) in [6.45, 7) is 4.98. The first-order valence-electron chi connectivity index (χ1n) is 13.7. The van der Waals surface area contributed by atoms with Gasteiger partial charge in [0.2, 0.25) is 0 Å². The molecule has 0 saturated heterocycles. The number of nitriles is 1. The Morgan fingerprint density at radius 1 is 1.00 bits per heavy atom. The molecule has 36 heavy (non-hydrogen) atoms. The molecule has 194 valence electrons. The fourth-order valence-electron chi connectivity index (χ4n) is 4.91. The summed E-state index contributed by atoms with van der Waals surface area (Å²) >= 11 is 0. The average molecular weight is 494 g/mol. The number of ether oxygens (including phenoxy) is 2. The van der Waals surface area contributed by atoms with E-state index in [-0.39, 0.29) is 17.1 Å². The zero-order valence-electron chi connectivity index (χ0n) is 21.9. The van der Waals surface area contributed by atoms with E-state index in [4.69, 9.17) is 9.47 Å². The number of hydrogen-bond acceptors (Lipinski definition) is 4. The Morgan fingerprint density at radius 3 is 2.33 bits per heavy atom. The molecule has 1 fully saturated rings. The maximum atomic E-state index is 14.9. The second-order valence-electron chi connectivity index (χ2n) is 10.1. The Labute approximate surface area is 215 Å². The minimum atomic E-state index is -0.505. The largest absolute Gasteiger partial charge is 0.494 e. The number of halogens is 1. The minimum Gasteiger partial charge on any atom is -0.494 e. The molecule has 0 unspecified atom stereocenters. The lowest BCUT2D eigenvalue weighted by atomic mass is 9.71. The smallest absolute Gasteiger partial charge is 0.338 e. The van der Waals surface area contributed by atoms with Crippen molar-refractivity contribution in [3.63, 3.8) is 0 Å². The van der Waals surface area contributed by atoms with E-state index in [1.165, 1.54) is 31.7 Å². The third-order valence-corrected chi connectivity index (χ3v) is 7.30. The van der Waals surface area contributed by atoms with Crippen LogP contribution in [0.5, 0.6) is 5.75 Å². The minimum absolute atomic E-state index is 0.212. The monoisotopic (exact) mass is 493 g/mol. The van der Waals surface area contributed by atoms with E-state index in [1.807, 2.05) is 24.3 Å². The van der Waals surface area contributed by atoms with E-state index in [0.29, 0.717) is 25.0 Å². The molecule has 2 aromatic rings. The van der Waals surface area contributed by atoms with E-state index in [2.05, 4.69) is 19.9 Å². The van der Waals surface area contributed by atoms with Crippen LogP contribution < -0.4 is 4.74 Å². The van der Waals surface area contributed by atoms with Gasteiger partial charge in [-0.1, -0.05) is 70.6 Å². The summed E-state index contributed by atoms with van der Waals surface area (Å²) in [5.41, 5.74) is 1.08. The quantitative estimate of drug-likeness (QED) is 0.207. The Morgan fingerprint density at radius 2 is 1.69 bits per heavy atom. The number of hydrogen-bond donors (Lipinski definition) is 0. The van der Waals surface area contributed by atoms with Crippen LogP contribution in [0, 0.1) is 22.6 Å². The van der Waals surface area contributed by atoms with Crippen molar-refractivity contribution in [3.05, 3.63) is 53.8 Å². The van der Waals surface area contributed by atoms with Crippen LogP contribution in [-0.2, 0) is 4.74 Å². The standard InChI is InChI=1S/C31H40FNO3/c1-3-5-7-8-9-18-31(23-33)19-16-27(17-20-31)36-30(34)25-12-15-28(29(32)22-25)24-10-13-26(14-11-24)35-21-6-4-2/h10-15,22,27H,3-9,16-21H2,1-2H3. The first-order chi connectivity index (χ1) is 17.5. The molecule has 0 aromatic heterocycles. The summed E-state index contributed by atoms with van der Waals surface area (Å²) in [4.78, 5) is 12.7. The third-order valence-electron chi connectivity index (χ3n) is 7.30. The number of benzene rings is 2. The second kappa shape index (κ2) is 14.0. The van der Waals surface area contributed by atoms with Gasteiger partial charge < -0.3 is 9.47 Å². The molecule has 0 heterocycles. The van der Waals surface area contributed by atoms with Gasteiger partial charge in [0.05, 0.1) is 23.7 Å². The van der Waals surface area contributed by atoms with Crippen molar-refractivity contribution in [2.24, 2.45) is 5.41 Å². The average Bonchev–Trinajstić information content (AvgIpc) is 2.90. The van der Waals surface area contributed by atoms with Crippen LogP contribution >= 0.6 is 0 Å². The molecule has 0 radical (unpaired) electrons. The summed E-state index contributed by atoms with van der Waals surface area (Å²) in [5.74, 6) is -0.203. The molecule has 2 aromatic carbocycles. The van der Waals surface area contributed by atoms with Gasteiger partial charge in [-0.2, -0.15) is 5.26 Å². The molecule has 0 bridgehead atoms. The van der Waals surface area contributed by atoms with Crippen molar-refractivity contribution in [2.75, 3.05) is 6.61 Å². The van der Waals surface area contributed by atoms with Crippen molar-refractivity contribution in [2.45, 2.75) is 97.0 Å². The highest BCUT2D eigenvalue weighted by Crippen LogP contribution is 2.41. The van der Waals surface area contributed by atoms with Gasteiger partial charge >= 0.3 is 5.97 Å². The molecule has 5 heteroatoms. The van der Waals surface area contributed by atoms with Crippen LogP contribution in [0.4, 0.5) is 4.39 Å². The van der Waals surface area contributed by atoms with Crippen LogP contribution in [0.15, 0.2) is 42.5 Å². The maximum Gasteiger partial charge on any atom is 0.338 e. The van der Waals surface area contributed by atoms with E-state index in [0.717, 1.165) is 49.8 Å². The van der Waals surface area contributed by atoms with Crippen LogP contribution in [0.1, 0.15) is 101 Å². The van der Waals surface area contributed by atoms with Gasteiger partial charge in [-0.15, -0.1) is 0 Å². The van der Waals surface area contributed by atoms with Crippen LogP contribution in [0.25, 0.3) is 11.1 Å². The molecule has 0 N–H and O–H groups in total. The summed E-state index contributed by atoms with van der Waals surface area (Å²) < 4.78 is 26.3. The van der Waals surface area contributed by atoms with Gasteiger partial charge in [0.15, 0.2) is 0 Å². The molecule has 0 atom stereocenters. The van der Waals surface area contributed by atoms with Crippen molar-refractivity contribution in [3.8, 4) is 22.9 Å². The number of esters is 1. The lowest BCUT2D eigenvalue weighted by Gasteiger charge is -2.34. The van der Waals surface area contributed by atoms with Crippen LogP contribution in [-0.4, -0.2) is 18.7 Å². The molecular weight excluding hydrogens is 453 g/mol. The molecule has 0 spiro atoms. The Hall–Kier alpha value is -2.87.